The molecule has 0 radical (unpaired) electrons. The van der Waals surface area contributed by atoms with Crippen LogP contribution in [-0.2, 0) is 0 Å². The summed E-state index contributed by atoms with van der Waals surface area (Å²) >= 11 is 0. The van der Waals surface area contributed by atoms with Crippen molar-refractivity contribution in [2.24, 2.45) is 0 Å². The van der Waals surface area contributed by atoms with E-state index in [1.807, 2.05) is 18.2 Å². The minimum absolute atomic E-state index is 0.846. The third kappa shape index (κ3) is 2.35. The first-order chi connectivity index (χ1) is 16.8. The summed E-state index contributed by atoms with van der Waals surface area (Å²) in [5.74, 6) is 0. The lowest BCUT2D eigenvalue weighted by Gasteiger charge is -2.13. The predicted molar refractivity (Wildman–Crippen MR) is 141 cm³/mol. The standard InChI is InChI=1S/C32H18O2/c1-3-10-21-19(8-1)16-20-9-2-4-11-22(20)31(21)24-13-7-15-28-32(24)26-17-25-23-12-5-6-14-27(23)33-29(25)18-30(26)34-28/h1-18H. The molecule has 34 heavy (non-hydrogen) atoms. The Kier molecular flexibility index (Phi) is 3.42. The first kappa shape index (κ1) is 17.9. The molecule has 0 bridgehead atoms. The monoisotopic (exact) mass is 434 g/mol. The smallest absolute Gasteiger partial charge is 0.139 e. The second-order valence-electron chi connectivity index (χ2n) is 8.92. The molecule has 0 aliphatic carbocycles. The van der Waals surface area contributed by atoms with Crippen LogP contribution in [0.25, 0.3) is 76.5 Å². The molecule has 0 atom stereocenters. The third-order valence-corrected chi connectivity index (χ3v) is 7.04. The summed E-state index contributed by atoms with van der Waals surface area (Å²) in [6.45, 7) is 0. The summed E-state index contributed by atoms with van der Waals surface area (Å²) < 4.78 is 12.5. The van der Waals surface area contributed by atoms with Crippen molar-refractivity contribution in [3.63, 3.8) is 0 Å². The highest BCUT2D eigenvalue weighted by molar-refractivity contribution is 6.23. The van der Waals surface area contributed by atoms with Crippen LogP contribution in [0, 0.1) is 0 Å². The molecule has 0 aliphatic rings. The van der Waals surface area contributed by atoms with Crippen LogP contribution in [0.4, 0.5) is 0 Å². The zero-order chi connectivity index (χ0) is 22.2. The van der Waals surface area contributed by atoms with Crippen molar-refractivity contribution in [2.75, 3.05) is 0 Å². The van der Waals surface area contributed by atoms with Gasteiger partial charge in [0.2, 0.25) is 0 Å². The Bertz CT molecular complexity index is 2020. The summed E-state index contributed by atoms with van der Waals surface area (Å²) in [5.41, 5.74) is 5.93. The average molecular weight is 434 g/mol. The normalized spacial score (nSPS) is 12.1. The third-order valence-electron chi connectivity index (χ3n) is 7.04. The Hall–Kier alpha value is -4.56. The lowest BCUT2D eigenvalue weighted by Crippen LogP contribution is -1.86. The zero-order valence-electron chi connectivity index (χ0n) is 18.2. The van der Waals surface area contributed by atoms with E-state index in [1.165, 1.54) is 32.7 Å². The largest absolute Gasteiger partial charge is 0.456 e. The maximum Gasteiger partial charge on any atom is 0.139 e. The van der Waals surface area contributed by atoms with Gasteiger partial charge >= 0.3 is 0 Å². The van der Waals surface area contributed by atoms with Crippen molar-refractivity contribution in [3.05, 3.63) is 109 Å². The summed E-state index contributed by atoms with van der Waals surface area (Å²) in [6.07, 6.45) is 0. The molecule has 0 spiro atoms. The highest BCUT2D eigenvalue weighted by atomic mass is 16.3. The van der Waals surface area contributed by atoms with Gasteiger partial charge in [-0.25, -0.2) is 0 Å². The van der Waals surface area contributed by atoms with Crippen molar-refractivity contribution in [2.45, 2.75) is 0 Å². The van der Waals surface area contributed by atoms with E-state index < -0.39 is 0 Å². The molecule has 0 saturated carbocycles. The minimum Gasteiger partial charge on any atom is -0.456 e. The number of para-hydroxylation sites is 1. The number of hydrogen-bond acceptors (Lipinski definition) is 2. The predicted octanol–water partition coefficient (Wildman–Crippen LogP) is 9.46. The highest BCUT2D eigenvalue weighted by Gasteiger charge is 2.18. The average Bonchev–Trinajstić information content (AvgIpc) is 3.43. The lowest BCUT2D eigenvalue weighted by molar-refractivity contribution is 0.656. The SMILES string of the molecule is c1ccc2c(-c3cccc4oc5cc6oc7ccccc7c6cc5c34)c3ccccc3cc2c1. The van der Waals surface area contributed by atoms with Gasteiger partial charge in [-0.05, 0) is 56.9 Å². The zero-order valence-corrected chi connectivity index (χ0v) is 18.2. The second kappa shape index (κ2) is 6.49. The molecule has 8 rings (SSSR count). The van der Waals surface area contributed by atoms with E-state index in [0.29, 0.717) is 0 Å². The van der Waals surface area contributed by atoms with Crippen LogP contribution in [0.2, 0.25) is 0 Å². The second-order valence-corrected chi connectivity index (χ2v) is 8.92. The Morgan fingerprint density at radius 2 is 1.00 bits per heavy atom. The number of benzene rings is 6. The first-order valence-electron chi connectivity index (χ1n) is 11.5. The molecule has 0 saturated heterocycles. The summed E-state index contributed by atoms with van der Waals surface area (Å²) in [7, 11) is 0. The summed E-state index contributed by atoms with van der Waals surface area (Å²) in [5, 5.41) is 9.47. The van der Waals surface area contributed by atoms with Crippen LogP contribution in [-0.4, -0.2) is 0 Å². The van der Waals surface area contributed by atoms with Gasteiger partial charge in [-0.15, -0.1) is 0 Å². The molecule has 2 nitrogen and oxygen atoms in total. The van der Waals surface area contributed by atoms with Crippen LogP contribution in [0.15, 0.2) is 118 Å². The molecule has 158 valence electrons. The Morgan fingerprint density at radius 3 is 1.79 bits per heavy atom. The fraction of sp³-hybridized carbons (Fsp3) is 0. The molecule has 0 amide bonds. The van der Waals surface area contributed by atoms with Crippen molar-refractivity contribution < 1.29 is 8.83 Å². The van der Waals surface area contributed by atoms with Gasteiger partial charge in [-0.1, -0.05) is 78.9 Å². The fourth-order valence-electron chi connectivity index (χ4n) is 5.56. The molecule has 2 aromatic heterocycles. The van der Waals surface area contributed by atoms with Crippen molar-refractivity contribution in [1.82, 2.24) is 0 Å². The van der Waals surface area contributed by atoms with Crippen molar-refractivity contribution in [3.8, 4) is 11.1 Å². The van der Waals surface area contributed by atoms with Crippen LogP contribution in [0.1, 0.15) is 0 Å². The topological polar surface area (TPSA) is 26.3 Å². The maximum atomic E-state index is 6.38. The molecular weight excluding hydrogens is 416 g/mol. The molecule has 0 N–H and O–H groups in total. The van der Waals surface area contributed by atoms with Gasteiger partial charge in [0.25, 0.3) is 0 Å². The van der Waals surface area contributed by atoms with Gasteiger partial charge in [0.05, 0.1) is 0 Å². The lowest BCUT2D eigenvalue weighted by atomic mass is 9.90. The minimum atomic E-state index is 0.846. The Labute approximate surface area is 194 Å². The fourth-order valence-corrected chi connectivity index (χ4v) is 5.56. The van der Waals surface area contributed by atoms with Gasteiger partial charge < -0.3 is 8.83 Å². The van der Waals surface area contributed by atoms with E-state index in [-0.39, 0.29) is 0 Å². The van der Waals surface area contributed by atoms with E-state index in [9.17, 15) is 0 Å². The number of hydrogen-bond donors (Lipinski definition) is 0. The van der Waals surface area contributed by atoms with Crippen LogP contribution in [0.3, 0.4) is 0 Å². The van der Waals surface area contributed by atoms with E-state index in [1.54, 1.807) is 0 Å². The molecule has 2 heteroatoms. The van der Waals surface area contributed by atoms with Gasteiger partial charge in [0.1, 0.15) is 22.3 Å². The Balaban J connectivity index is 1.57. The first-order valence-corrected chi connectivity index (χ1v) is 11.5. The van der Waals surface area contributed by atoms with Gasteiger partial charge in [-0.3, -0.25) is 0 Å². The molecule has 6 aromatic carbocycles. The van der Waals surface area contributed by atoms with Crippen LogP contribution in [0.5, 0.6) is 0 Å². The van der Waals surface area contributed by atoms with Crippen LogP contribution >= 0.6 is 0 Å². The van der Waals surface area contributed by atoms with Crippen LogP contribution < -0.4 is 0 Å². The highest BCUT2D eigenvalue weighted by Crippen LogP contribution is 2.44. The molecule has 0 unspecified atom stereocenters. The Morgan fingerprint density at radius 1 is 0.382 bits per heavy atom. The van der Waals surface area contributed by atoms with Crippen molar-refractivity contribution in [1.29, 1.82) is 0 Å². The summed E-state index contributed by atoms with van der Waals surface area (Å²) in [4.78, 5) is 0. The molecule has 0 fully saturated rings. The van der Waals surface area contributed by atoms with Gasteiger partial charge in [-0.2, -0.15) is 0 Å². The number of fused-ring (bicyclic) bond motifs is 8. The molecule has 2 heterocycles. The van der Waals surface area contributed by atoms with Crippen molar-refractivity contribution >= 4 is 65.4 Å². The quantitative estimate of drug-likeness (QED) is 0.240. The van der Waals surface area contributed by atoms with E-state index in [2.05, 4.69) is 91.0 Å². The summed E-state index contributed by atoms with van der Waals surface area (Å²) in [6, 6.07) is 38.4. The van der Waals surface area contributed by atoms with E-state index in [4.69, 9.17) is 8.83 Å². The molecular formula is C32H18O2. The molecule has 0 aliphatic heterocycles. The van der Waals surface area contributed by atoms with Gasteiger partial charge in [0, 0.05) is 27.6 Å². The number of furan rings is 2. The van der Waals surface area contributed by atoms with E-state index in [0.717, 1.165) is 43.9 Å². The van der Waals surface area contributed by atoms with E-state index >= 15 is 0 Å². The number of rotatable bonds is 1. The van der Waals surface area contributed by atoms with Gasteiger partial charge in [0.15, 0.2) is 0 Å². The maximum absolute atomic E-state index is 6.38. The molecule has 8 aromatic rings.